The summed E-state index contributed by atoms with van der Waals surface area (Å²) in [5.74, 6) is 0.415. The molecule has 0 saturated heterocycles. The normalized spacial score (nSPS) is 10.1. The number of rotatable bonds is 5. The lowest BCUT2D eigenvalue weighted by molar-refractivity contribution is 0.0951. The largest absolute Gasteiger partial charge is 0.370 e. The lowest BCUT2D eigenvalue weighted by Gasteiger charge is -2.10. The van der Waals surface area contributed by atoms with Crippen molar-refractivity contribution in [2.45, 2.75) is 13.5 Å². The molecule has 104 valence electrons. The lowest BCUT2D eigenvalue weighted by Crippen LogP contribution is -2.24. The molecule has 0 aliphatic heterocycles. The van der Waals surface area contributed by atoms with Crippen LogP contribution in [0.4, 0.5) is 5.82 Å². The summed E-state index contributed by atoms with van der Waals surface area (Å²) in [5, 5.41) is 5.94. The summed E-state index contributed by atoms with van der Waals surface area (Å²) in [7, 11) is 0. The van der Waals surface area contributed by atoms with Crippen LogP contribution in [-0.2, 0) is 6.54 Å². The van der Waals surface area contributed by atoms with Crippen molar-refractivity contribution in [2.75, 3.05) is 11.9 Å². The van der Waals surface area contributed by atoms with Crippen molar-refractivity contribution in [3.8, 4) is 0 Å². The molecule has 0 radical (unpaired) electrons. The van der Waals surface area contributed by atoms with Crippen molar-refractivity contribution in [1.82, 2.24) is 15.3 Å². The Labute approximate surface area is 126 Å². The summed E-state index contributed by atoms with van der Waals surface area (Å²) >= 11 is 3.33. The molecule has 2 aromatic heterocycles. The number of hydrogen-bond acceptors (Lipinski definition) is 4. The second kappa shape index (κ2) is 7.00. The van der Waals surface area contributed by atoms with Gasteiger partial charge in [-0.1, -0.05) is 6.07 Å². The number of hydrogen-bond donors (Lipinski definition) is 2. The van der Waals surface area contributed by atoms with E-state index in [-0.39, 0.29) is 5.91 Å². The molecule has 0 saturated carbocycles. The Morgan fingerprint density at radius 2 is 2.25 bits per heavy atom. The molecule has 2 rings (SSSR count). The third kappa shape index (κ3) is 3.77. The van der Waals surface area contributed by atoms with E-state index < -0.39 is 0 Å². The highest BCUT2D eigenvalue weighted by Crippen LogP contribution is 2.18. The van der Waals surface area contributed by atoms with E-state index in [2.05, 4.69) is 36.5 Å². The number of carbonyl (C=O) groups is 1. The molecule has 0 aromatic carbocycles. The molecular formula is C14H15BrN4O. The number of carbonyl (C=O) groups excluding carboxylic acids is 1. The van der Waals surface area contributed by atoms with Crippen LogP contribution in [0.3, 0.4) is 0 Å². The van der Waals surface area contributed by atoms with Gasteiger partial charge in [-0.2, -0.15) is 0 Å². The zero-order chi connectivity index (χ0) is 14.4. The minimum Gasteiger partial charge on any atom is -0.370 e. The van der Waals surface area contributed by atoms with Crippen LogP contribution in [0.25, 0.3) is 0 Å². The molecule has 0 bridgehead atoms. The molecule has 0 fully saturated rings. The molecule has 2 N–H and O–H groups in total. The van der Waals surface area contributed by atoms with Gasteiger partial charge in [0.2, 0.25) is 0 Å². The molecule has 0 aliphatic rings. The van der Waals surface area contributed by atoms with E-state index in [0.29, 0.717) is 24.5 Å². The fourth-order valence-corrected chi connectivity index (χ4v) is 2.03. The number of nitrogens with zero attached hydrogens (tertiary/aromatic N) is 2. The predicted octanol–water partition coefficient (Wildman–Crippen LogP) is 2.60. The summed E-state index contributed by atoms with van der Waals surface area (Å²) in [5.41, 5.74) is 1.47. The minimum absolute atomic E-state index is 0.168. The maximum Gasteiger partial charge on any atom is 0.255 e. The molecule has 2 aromatic rings. The maximum absolute atomic E-state index is 12.2. The summed E-state index contributed by atoms with van der Waals surface area (Å²) < 4.78 is 0.769. The number of pyridine rings is 2. The van der Waals surface area contributed by atoms with Gasteiger partial charge >= 0.3 is 0 Å². The van der Waals surface area contributed by atoms with Gasteiger partial charge in [0.1, 0.15) is 5.82 Å². The smallest absolute Gasteiger partial charge is 0.255 e. The van der Waals surface area contributed by atoms with E-state index in [1.165, 1.54) is 0 Å². The third-order valence-corrected chi connectivity index (χ3v) is 3.05. The van der Waals surface area contributed by atoms with Crippen molar-refractivity contribution in [3.05, 3.63) is 52.4 Å². The number of halogens is 1. The Bertz CT molecular complexity index is 589. The second-order valence-corrected chi connectivity index (χ2v) is 5.04. The van der Waals surface area contributed by atoms with Gasteiger partial charge in [-0.05, 0) is 40.5 Å². The highest BCUT2D eigenvalue weighted by atomic mass is 79.9. The van der Waals surface area contributed by atoms with Crippen LogP contribution < -0.4 is 10.6 Å². The first-order valence-corrected chi connectivity index (χ1v) is 7.06. The van der Waals surface area contributed by atoms with Crippen LogP contribution in [0.1, 0.15) is 22.8 Å². The predicted molar refractivity (Wildman–Crippen MR) is 81.5 cm³/mol. The van der Waals surface area contributed by atoms with Crippen LogP contribution in [-0.4, -0.2) is 22.4 Å². The first-order valence-electron chi connectivity index (χ1n) is 6.27. The molecule has 5 nitrogen and oxygen atoms in total. The van der Waals surface area contributed by atoms with E-state index in [4.69, 9.17) is 0 Å². The quantitative estimate of drug-likeness (QED) is 0.881. The van der Waals surface area contributed by atoms with Crippen LogP contribution in [0.2, 0.25) is 0 Å². The van der Waals surface area contributed by atoms with Gasteiger partial charge in [0.25, 0.3) is 5.91 Å². The van der Waals surface area contributed by atoms with Gasteiger partial charge in [0.05, 0.1) is 5.56 Å². The van der Waals surface area contributed by atoms with Crippen LogP contribution >= 0.6 is 15.9 Å². The first kappa shape index (κ1) is 14.5. The summed E-state index contributed by atoms with van der Waals surface area (Å²) in [6.07, 6.45) is 5.09. The fraction of sp³-hybridized carbons (Fsp3) is 0.214. The van der Waals surface area contributed by atoms with Gasteiger partial charge in [0, 0.05) is 36.2 Å². The molecule has 1 amide bonds. The second-order valence-electron chi connectivity index (χ2n) is 4.12. The zero-order valence-electron chi connectivity index (χ0n) is 11.1. The third-order valence-electron chi connectivity index (χ3n) is 2.62. The van der Waals surface area contributed by atoms with Gasteiger partial charge in [0.15, 0.2) is 0 Å². The number of aromatic nitrogens is 2. The molecule has 6 heteroatoms. The summed E-state index contributed by atoms with van der Waals surface area (Å²) in [6, 6.07) is 5.51. The zero-order valence-corrected chi connectivity index (χ0v) is 12.6. The topological polar surface area (TPSA) is 66.9 Å². The van der Waals surface area contributed by atoms with E-state index in [1.807, 2.05) is 19.1 Å². The molecule has 20 heavy (non-hydrogen) atoms. The van der Waals surface area contributed by atoms with E-state index in [0.717, 1.165) is 10.0 Å². The molecule has 0 atom stereocenters. The molecule has 0 spiro atoms. The van der Waals surface area contributed by atoms with E-state index in [1.54, 1.807) is 24.7 Å². The van der Waals surface area contributed by atoms with E-state index in [9.17, 15) is 4.79 Å². The van der Waals surface area contributed by atoms with Crippen molar-refractivity contribution in [3.63, 3.8) is 0 Å². The van der Waals surface area contributed by atoms with E-state index >= 15 is 0 Å². The van der Waals surface area contributed by atoms with Crippen molar-refractivity contribution >= 4 is 27.7 Å². The maximum atomic E-state index is 12.2. The molecule has 0 aliphatic carbocycles. The van der Waals surface area contributed by atoms with Crippen molar-refractivity contribution in [2.24, 2.45) is 0 Å². The van der Waals surface area contributed by atoms with Crippen molar-refractivity contribution < 1.29 is 4.79 Å². The Morgan fingerprint density at radius 3 is 2.95 bits per heavy atom. The first-order chi connectivity index (χ1) is 9.70. The van der Waals surface area contributed by atoms with Crippen LogP contribution in [0.15, 0.2) is 41.3 Å². The lowest BCUT2D eigenvalue weighted by atomic mass is 10.2. The summed E-state index contributed by atoms with van der Waals surface area (Å²) in [4.78, 5) is 20.5. The number of nitrogens with one attached hydrogen (secondary N) is 2. The van der Waals surface area contributed by atoms with Gasteiger partial charge < -0.3 is 10.6 Å². The Kier molecular flexibility index (Phi) is 5.06. The molecule has 0 unspecified atom stereocenters. The average Bonchev–Trinajstić information content (AvgIpc) is 2.48. The van der Waals surface area contributed by atoms with Crippen LogP contribution in [0.5, 0.6) is 0 Å². The SMILES string of the molecule is CCNc1ncc(Br)cc1C(=O)NCc1cccnc1. The Balaban J connectivity index is 2.10. The monoisotopic (exact) mass is 334 g/mol. The minimum atomic E-state index is -0.168. The average molecular weight is 335 g/mol. The van der Waals surface area contributed by atoms with Gasteiger partial charge in [-0.3, -0.25) is 9.78 Å². The van der Waals surface area contributed by atoms with Crippen LogP contribution in [0, 0.1) is 0 Å². The standard InChI is InChI=1S/C14H15BrN4O/c1-2-17-13-12(6-11(15)9-18-13)14(20)19-8-10-4-3-5-16-7-10/h3-7,9H,2,8H2,1H3,(H,17,18)(H,19,20). The fourth-order valence-electron chi connectivity index (χ4n) is 1.70. The Hall–Kier alpha value is -1.95. The number of anilines is 1. The highest BCUT2D eigenvalue weighted by molar-refractivity contribution is 9.10. The molecular weight excluding hydrogens is 320 g/mol. The van der Waals surface area contributed by atoms with Gasteiger partial charge in [-0.15, -0.1) is 0 Å². The highest BCUT2D eigenvalue weighted by Gasteiger charge is 2.12. The molecule has 2 heterocycles. The summed E-state index contributed by atoms with van der Waals surface area (Å²) in [6.45, 7) is 3.10. The van der Waals surface area contributed by atoms with Gasteiger partial charge in [-0.25, -0.2) is 4.98 Å². The van der Waals surface area contributed by atoms with Crippen molar-refractivity contribution in [1.29, 1.82) is 0 Å². The Morgan fingerprint density at radius 1 is 1.40 bits per heavy atom. The number of amides is 1.